The Kier molecular flexibility index (Phi) is 38.1. The van der Waals surface area contributed by atoms with Crippen LogP contribution in [-0.4, -0.2) is 49.3 Å². The molecule has 0 aliphatic heterocycles. The van der Waals surface area contributed by atoms with Gasteiger partial charge in [0.05, 0.1) is 13.2 Å². The standard InChI is InChI=1S/C43H78NO8P/c1-3-5-7-9-11-13-15-17-19-20-22-24-26-28-30-32-34-36-43(46)52-41(40-51-53(47,48)50-38-37-44)39-49-42(45)35-33-31-29-27-25-23-21-18-16-14-12-10-8-6-4-2/h7,9,13,15,19-20,24,26,41H,3-6,8,10-12,14,16-18,21-23,25,27-40,44H2,1-2H3,(H,47,48)/b9-7+,15-13+,20-19+,26-24+/t41-/m1/s1. The van der Waals surface area contributed by atoms with Gasteiger partial charge < -0.3 is 20.1 Å². The zero-order chi connectivity index (χ0) is 38.9. The Labute approximate surface area is 324 Å². The van der Waals surface area contributed by atoms with Crippen molar-refractivity contribution < 1.29 is 37.6 Å². The van der Waals surface area contributed by atoms with Crippen LogP contribution >= 0.6 is 7.82 Å². The minimum Gasteiger partial charge on any atom is -0.462 e. The molecule has 0 saturated carbocycles. The lowest BCUT2D eigenvalue weighted by Gasteiger charge is -2.19. The van der Waals surface area contributed by atoms with Crippen molar-refractivity contribution in [1.29, 1.82) is 0 Å². The molecule has 0 radical (unpaired) electrons. The average molecular weight is 768 g/mol. The highest BCUT2D eigenvalue weighted by Gasteiger charge is 2.26. The Hall–Kier alpha value is -2.03. The monoisotopic (exact) mass is 768 g/mol. The predicted octanol–water partition coefficient (Wildman–Crippen LogP) is 11.9. The molecule has 0 aromatic heterocycles. The Balaban J connectivity index is 4.23. The van der Waals surface area contributed by atoms with E-state index < -0.39 is 32.5 Å². The van der Waals surface area contributed by atoms with Gasteiger partial charge in [-0.15, -0.1) is 0 Å². The van der Waals surface area contributed by atoms with Crippen molar-refractivity contribution in [1.82, 2.24) is 0 Å². The van der Waals surface area contributed by atoms with Crippen LogP contribution in [-0.2, 0) is 32.7 Å². The second-order valence-corrected chi connectivity index (χ2v) is 15.3. The van der Waals surface area contributed by atoms with Gasteiger partial charge >= 0.3 is 19.8 Å². The number of phosphoric ester groups is 1. The van der Waals surface area contributed by atoms with E-state index in [4.69, 9.17) is 24.3 Å². The van der Waals surface area contributed by atoms with Crippen molar-refractivity contribution in [2.24, 2.45) is 5.73 Å². The molecule has 0 aliphatic rings. The second kappa shape index (κ2) is 39.7. The summed E-state index contributed by atoms with van der Waals surface area (Å²) < 4.78 is 32.7. The van der Waals surface area contributed by atoms with Crippen molar-refractivity contribution in [2.75, 3.05) is 26.4 Å². The smallest absolute Gasteiger partial charge is 0.462 e. The number of rotatable bonds is 39. The van der Waals surface area contributed by atoms with Crippen LogP contribution < -0.4 is 5.73 Å². The van der Waals surface area contributed by atoms with Gasteiger partial charge in [-0.2, -0.15) is 0 Å². The van der Waals surface area contributed by atoms with Crippen LogP contribution in [0.1, 0.15) is 181 Å². The van der Waals surface area contributed by atoms with Crippen LogP contribution in [0.5, 0.6) is 0 Å². The fraction of sp³-hybridized carbons (Fsp3) is 0.767. The van der Waals surface area contributed by atoms with E-state index >= 15 is 0 Å². The lowest BCUT2D eigenvalue weighted by atomic mass is 10.0. The lowest BCUT2D eigenvalue weighted by Crippen LogP contribution is -2.29. The van der Waals surface area contributed by atoms with Crippen molar-refractivity contribution in [3.8, 4) is 0 Å². The number of hydrogen-bond donors (Lipinski definition) is 2. The molecule has 9 nitrogen and oxygen atoms in total. The van der Waals surface area contributed by atoms with E-state index in [1.165, 1.54) is 83.5 Å². The number of allylic oxidation sites excluding steroid dienone is 8. The first-order valence-corrected chi connectivity index (χ1v) is 22.6. The van der Waals surface area contributed by atoms with Crippen molar-refractivity contribution in [2.45, 2.75) is 187 Å². The van der Waals surface area contributed by atoms with Crippen LogP contribution in [0.4, 0.5) is 0 Å². The number of ether oxygens (including phenoxy) is 2. The molecule has 10 heteroatoms. The minimum absolute atomic E-state index is 0.0472. The molecule has 0 heterocycles. The maximum Gasteiger partial charge on any atom is 0.472 e. The molecule has 2 atom stereocenters. The fourth-order valence-corrected chi connectivity index (χ4v) is 6.33. The Bertz CT molecular complexity index is 1010. The molecule has 0 bridgehead atoms. The first-order valence-electron chi connectivity index (χ1n) is 21.1. The summed E-state index contributed by atoms with van der Waals surface area (Å²) >= 11 is 0. The second-order valence-electron chi connectivity index (χ2n) is 13.9. The minimum atomic E-state index is -4.38. The molecular weight excluding hydrogens is 689 g/mol. The van der Waals surface area contributed by atoms with E-state index in [0.717, 1.165) is 64.2 Å². The fourth-order valence-electron chi connectivity index (χ4n) is 5.57. The van der Waals surface area contributed by atoms with E-state index in [0.29, 0.717) is 6.42 Å². The molecule has 0 aliphatic carbocycles. The molecule has 53 heavy (non-hydrogen) atoms. The average Bonchev–Trinajstić information content (AvgIpc) is 3.14. The number of esters is 2. The zero-order valence-electron chi connectivity index (χ0n) is 33.7. The Morgan fingerprint density at radius 2 is 1.02 bits per heavy atom. The molecule has 1 unspecified atom stereocenters. The van der Waals surface area contributed by atoms with Crippen LogP contribution in [0.2, 0.25) is 0 Å². The Morgan fingerprint density at radius 3 is 1.53 bits per heavy atom. The highest BCUT2D eigenvalue weighted by Crippen LogP contribution is 2.43. The van der Waals surface area contributed by atoms with Gasteiger partial charge in [-0.1, -0.05) is 165 Å². The van der Waals surface area contributed by atoms with Gasteiger partial charge in [-0.3, -0.25) is 18.6 Å². The molecule has 0 spiro atoms. The summed E-state index contributed by atoms with van der Waals surface area (Å²) in [5.74, 6) is -0.863. The molecule has 0 aromatic rings. The number of carbonyl (C=O) groups is 2. The third-order valence-corrected chi connectivity index (χ3v) is 9.68. The number of hydrogen-bond acceptors (Lipinski definition) is 8. The van der Waals surface area contributed by atoms with Crippen LogP contribution in [0, 0.1) is 0 Å². The highest BCUT2D eigenvalue weighted by atomic mass is 31.2. The first kappa shape index (κ1) is 51.0. The maximum absolute atomic E-state index is 12.6. The first-order chi connectivity index (χ1) is 25.8. The molecular formula is C43H78NO8P. The summed E-state index contributed by atoms with van der Waals surface area (Å²) in [5, 5.41) is 0. The quantitative estimate of drug-likeness (QED) is 0.0271. The summed E-state index contributed by atoms with van der Waals surface area (Å²) in [6, 6.07) is 0. The molecule has 3 N–H and O–H groups in total. The number of nitrogens with two attached hydrogens (primary N) is 1. The summed E-state index contributed by atoms with van der Waals surface area (Å²) in [4.78, 5) is 34.8. The number of unbranched alkanes of at least 4 members (excludes halogenated alkanes) is 18. The zero-order valence-corrected chi connectivity index (χ0v) is 34.6. The summed E-state index contributed by atoms with van der Waals surface area (Å²) in [7, 11) is -4.38. The van der Waals surface area contributed by atoms with Gasteiger partial charge in [0.15, 0.2) is 6.10 Å². The topological polar surface area (TPSA) is 134 Å². The molecule has 0 fully saturated rings. The lowest BCUT2D eigenvalue weighted by molar-refractivity contribution is -0.161. The van der Waals surface area contributed by atoms with Gasteiger partial charge in [-0.05, 0) is 51.4 Å². The predicted molar refractivity (Wildman–Crippen MR) is 220 cm³/mol. The van der Waals surface area contributed by atoms with E-state index in [1.807, 2.05) is 0 Å². The molecule has 308 valence electrons. The summed E-state index contributed by atoms with van der Waals surface area (Å²) in [6.45, 7) is 3.63. The largest absolute Gasteiger partial charge is 0.472 e. The SMILES string of the molecule is CCC/C=C/C/C=C/C/C=C/C/C=C/CCCCCC(=O)O[C@H](COC(=O)CCCCCCCCCCCCCCCCC)COP(=O)(O)OCCN. The number of phosphoric acid groups is 1. The molecule has 0 aromatic carbocycles. The van der Waals surface area contributed by atoms with E-state index in [1.54, 1.807) is 0 Å². The summed E-state index contributed by atoms with van der Waals surface area (Å²) in [6.07, 6.45) is 44.2. The van der Waals surface area contributed by atoms with Gasteiger partial charge in [0.2, 0.25) is 0 Å². The highest BCUT2D eigenvalue weighted by molar-refractivity contribution is 7.47. The van der Waals surface area contributed by atoms with E-state index in [9.17, 15) is 19.0 Å². The third kappa shape index (κ3) is 39.5. The van der Waals surface area contributed by atoms with Crippen LogP contribution in [0.25, 0.3) is 0 Å². The van der Waals surface area contributed by atoms with Crippen molar-refractivity contribution >= 4 is 19.8 Å². The van der Waals surface area contributed by atoms with Crippen molar-refractivity contribution in [3.05, 3.63) is 48.6 Å². The Morgan fingerprint density at radius 1 is 0.566 bits per heavy atom. The van der Waals surface area contributed by atoms with E-state index in [2.05, 4.69) is 62.5 Å². The van der Waals surface area contributed by atoms with Crippen LogP contribution in [0.15, 0.2) is 48.6 Å². The van der Waals surface area contributed by atoms with Gasteiger partial charge in [-0.25, -0.2) is 4.57 Å². The summed E-state index contributed by atoms with van der Waals surface area (Å²) in [5.41, 5.74) is 5.34. The van der Waals surface area contributed by atoms with Gasteiger partial charge in [0.25, 0.3) is 0 Å². The van der Waals surface area contributed by atoms with Gasteiger partial charge in [0, 0.05) is 19.4 Å². The maximum atomic E-state index is 12.6. The van der Waals surface area contributed by atoms with Gasteiger partial charge in [0.1, 0.15) is 6.61 Å². The van der Waals surface area contributed by atoms with E-state index in [-0.39, 0.29) is 32.6 Å². The van der Waals surface area contributed by atoms with Crippen molar-refractivity contribution in [3.63, 3.8) is 0 Å². The molecule has 0 rings (SSSR count). The normalized spacial score (nSPS) is 13.8. The third-order valence-electron chi connectivity index (χ3n) is 8.70. The van der Waals surface area contributed by atoms with Crippen LogP contribution in [0.3, 0.4) is 0 Å². The molecule has 0 saturated heterocycles. The molecule has 0 amide bonds. The number of carbonyl (C=O) groups excluding carboxylic acids is 2.